The van der Waals surface area contributed by atoms with Gasteiger partial charge in [-0.1, -0.05) is 74.5 Å². The maximum absolute atomic E-state index is 12.9. The molecule has 2 aromatic rings. The van der Waals surface area contributed by atoms with Crippen LogP contribution < -0.4 is 16.0 Å². The second kappa shape index (κ2) is 17.8. The Balaban J connectivity index is 1.89. The van der Waals surface area contributed by atoms with Gasteiger partial charge >= 0.3 is 5.97 Å². The van der Waals surface area contributed by atoms with E-state index < -0.39 is 64.7 Å². The average Bonchev–Trinajstić information content (AvgIpc) is 2.95. The van der Waals surface area contributed by atoms with Crippen molar-refractivity contribution in [1.29, 1.82) is 0 Å². The van der Waals surface area contributed by atoms with E-state index in [1.807, 2.05) is 60.7 Å². The summed E-state index contributed by atoms with van der Waals surface area (Å²) >= 11 is 0. The predicted molar refractivity (Wildman–Crippen MR) is 161 cm³/mol. The zero-order valence-electron chi connectivity index (χ0n) is 24.3. The Bertz CT molecular complexity index is 1220. The number of ketones is 1. The second-order valence-corrected chi connectivity index (χ2v) is 12.1. The van der Waals surface area contributed by atoms with Gasteiger partial charge in [0, 0.05) is 23.0 Å². The number of nitrogens with one attached hydrogen (secondary N) is 3. The van der Waals surface area contributed by atoms with Crippen molar-refractivity contribution >= 4 is 40.3 Å². The quantitative estimate of drug-likeness (QED) is 0.204. The van der Waals surface area contributed by atoms with Crippen LogP contribution in [-0.4, -0.2) is 68.4 Å². The molecule has 0 saturated heterocycles. The van der Waals surface area contributed by atoms with Crippen molar-refractivity contribution < 1.29 is 33.3 Å². The standard InChI is InChI=1S/C31H41N3O7S/c1-21(2)29(34-27(36)17-16-24-13-8-5-9-14-24)31(40)32-22(3)30(39)33-25(19-28(37)38)26(35)20-42(41)18-10-15-23-11-6-4-7-12-23/h4-9,11-14,21-22,25,29H,10,15-20H2,1-3H3,(H,32,40)(H,33,39)(H,34,36)(H,37,38)/t22-,25?,29-,42?/m0/s1. The predicted octanol–water partition coefficient (Wildman–Crippen LogP) is 2.17. The summed E-state index contributed by atoms with van der Waals surface area (Å²) in [6.45, 7) is 4.91. The van der Waals surface area contributed by atoms with Crippen molar-refractivity contribution in [3.63, 3.8) is 0 Å². The molecule has 2 unspecified atom stereocenters. The highest BCUT2D eigenvalue weighted by Gasteiger charge is 2.30. The molecule has 0 radical (unpaired) electrons. The largest absolute Gasteiger partial charge is 0.481 e. The third-order valence-corrected chi connectivity index (χ3v) is 7.92. The summed E-state index contributed by atoms with van der Waals surface area (Å²) in [5, 5.41) is 16.9. The molecule has 0 aliphatic rings. The molecule has 0 fully saturated rings. The molecule has 0 aliphatic carbocycles. The second-order valence-electron chi connectivity index (χ2n) is 10.5. The summed E-state index contributed by atoms with van der Waals surface area (Å²) < 4.78 is 12.5. The fourth-order valence-corrected chi connectivity index (χ4v) is 5.31. The molecule has 0 aliphatic heterocycles. The molecule has 228 valence electrons. The number of amides is 3. The number of hydrogen-bond donors (Lipinski definition) is 4. The summed E-state index contributed by atoms with van der Waals surface area (Å²) in [6, 6.07) is 15.7. The third kappa shape index (κ3) is 12.8. The van der Waals surface area contributed by atoms with Gasteiger partial charge in [-0.2, -0.15) is 0 Å². The first-order chi connectivity index (χ1) is 20.0. The van der Waals surface area contributed by atoms with Crippen molar-refractivity contribution in [2.24, 2.45) is 5.92 Å². The van der Waals surface area contributed by atoms with E-state index in [0.29, 0.717) is 19.3 Å². The Morgan fingerprint density at radius 2 is 1.36 bits per heavy atom. The van der Waals surface area contributed by atoms with Crippen LogP contribution in [-0.2, 0) is 47.6 Å². The molecule has 0 heterocycles. The highest BCUT2D eigenvalue weighted by Crippen LogP contribution is 2.07. The number of carbonyl (C=O) groups is 5. The van der Waals surface area contributed by atoms with Gasteiger partial charge in [0.15, 0.2) is 5.78 Å². The number of carboxylic acid groups (broad SMARTS) is 1. The summed E-state index contributed by atoms with van der Waals surface area (Å²) in [5.41, 5.74) is 2.07. The number of hydrogen-bond acceptors (Lipinski definition) is 6. The van der Waals surface area contributed by atoms with E-state index in [1.54, 1.807) is 13.8 Å². The highest BCUT2D eigenvalue weighted by atomic mass is 32.2. The van der Waals surface area contributed by atoms with Gasteiger partial charge in [0.25, 0.3) is 0 Å². The van der Waals surface area contributed by atoms with Gasteiger partial charge < -0.3 is 21.1 Å². The van der Waals surface area contributed by atoms with E-state index in [0.717, 1.165) is 11.1 Å². The van der Waals surface area contributed by atoms with Gasteiger partial charge in [-0.15, -0.1) is 0 Å². The van der Waals surface area contributed by atoms with Crippen LogP contribution in [0.1, 0.15) is 51.2 Å². The van der Waals surface area contributed by atoms with Crippen LogP contribution in [0.4, 0.5) is 0 Å². The monoisotopic (exact) mass is 599 g/mol. The first-order valence-electron chi connectivity index (χ1n) is 14.0. The number of Topliss-reactive ketones (excluding diaryl/α,β-unsaturated/α-hetero) is 1. The van der Waals surface area contributed by atoms with Gasteiger partial charge in [-0.25, -0.2) is 0 Å². The van der Waals surface area contributed by atoms with Crippen molar-refractivity contribution in [3.05, 3.63) is 71.8 Å². The zero-order valence-corrected chi connectivity index (χ0v) is 25.2. The van der Waals surface area contributed by atoms with Crippen LogP contribution in [0.2, 0.25) is 0 Å². The van der Waals surface area contributed by atoms with Crippen LogP contribution in [0.3, 0.4) is 0 Å². The van der Waals surface area contributed by atoms with Crippen molar-refractivity contribution in [3.8, 4) is 0 Å². The smallest absolute Gasteiger partial charge is 0.305 e. The minimum Gasteiger partial charge on any atom is -0.481 e. The van der Waals surface area contributed by atoms with E-state index >= 15 is 0 Å². The number of benzene rings is 2. The lowest BCUT2D eigenvalue weighted by Crippen LogP contribution is -2.56. The molecule has 11 heteroatoms. The van der Waals surface area contributed by atoms with E-state index in [4.69, 9.17) is 0 Å². The Kier molecular flexibility index (Phi) is 14.6. The number of aliphatic carboxylic acids is 1. The fourth-order valence-electron chi connectivity index (χ4n) is 4.18. The molecule has 2 aromatic carbocycles. The van der Waals surface area contributed by atoms with Crippen LogP contribution in [0.25, 0.3) is 0 Å². The lowest BCUT2D eigenvalue weighted by Gasteiger charge is -2.25. The lowest BCUT2D eigenvalue weighted by atomic mass is 10.0. The van der Waals surface area contributed by atoms with Gasteiger partial charge in [-0.3, -0.25) is 28.2 Å². The normalized spacial score (nSPS) is 13.8. The fraction of sp³-hybridized carbons (Fsp3) is 0.452. The Labute approximate surface area is 249 Å². The highest BCUT2D eigenvalue weighted by molar-refractivity contribution is 7.85. The minimum absolute atomic E-state index is 0.184. The molecule has 4 N–H and O–H groups in total. The Hall–Kier alpha value is -3.86. The van der Waals surface area contributed by atoms with E-state index in [-0.39, 0.29) is 24.0 Å². The van der Waals surface area contributed by atoms with E-state index in [9.17, 15) is 33.3 Å². The van der Waals surface area contributed by atoms with Crippen LogP contribution in [0.15, 0.2) is 60.7 Å². The molecule has 0 aromatic heterocycles. The maximum atomic E-state index is 12.9. The lowest BCUT2D eigenvalue weighted by molar-refractivity contribution is -0.140. The van der Waals surface area contributed by atoms with Crippen LogP contribution >= 0.6 is 0 Å². The molecule has 42 heavy (non-hydrogen) atoms. The topological polar surface area (TPSA) is 159 Å². The SMILES string of the molecule is CC(C)[C@H](NC(=O)CCc1ccccc1)C(=O)N[C@@H](C)C(=O)NC(CC(=O)O)C(=O)CS(=O)CCCc1ccccc1. The van der Waals surface area contributed by atoms with E-state index in [2.05, 4.69) is 16.0 Å². The first kappa shape index (κ1) is 34.3. The van der Waals surface area contributed by atoms with Crippen molar-refractivity contribution in [2.45, 2.75) is 71.0 Å². The minimum atomic E-state index is -1.53. The number of aryl methyl sites for hydroxylation is 2. The number of rotatable bonds is 18. The average molecular weight is 600 g/mol. The third-order valence-electron chi connectivity index (χ3n) is 6.57. The number of carboxylic acids is 1. The number of carbonyl (C=O) groups excluding carboxylic acids is 4. The van der Waals surface area contributed by atoms with Gasteiger partial charge in [-0.05, 0) is 43.2 Å². The summed E-state index contributed by atoms with van der Waals surface area (Å²) in [5.74, 6) is -4.04. The van der Waals surface area contributed by atoms with Crippen molar-refractivity contribution in [2.75, 3.05) is 11.5 Å². The molecule has 0 bridgehead atoms. The molecule has 3 amide bonds. The van der Waals surface area contributed by atoms with Gasteiger partial charge in [0.05, 0.1) is 18.2 Å². The molecule has 4 atom stereocenters. The maximum Gasteiger partial charge on any atom is 0.305 e. The summed E-state index contributed by atoms with van der Waals surface area (Å²) in [7, 11) is -1.53. The Morgan fingerprint density at radius 3 is 1.90 bits per heavy atom. The summed E-state index contributed by atoms with van der Waals surface area (Å²) in [6.07, 6.45) is 1.29. The molecule has 2 rings (SSSR count). The van der Waals surface area contributed by atoms with Gasteiger partial charge in [0.2, 0.25) is 17.7 Å². The molecule has 10 nitrogen and oxygen atoms in total. The molecule has 0 saturated carbocycles. The van der Waals surface area contributed by atoms with Gasteiger partial charge in [0.1, 0.15) is 12.1 Å². The molecular weight excluding hydrogens is 558 g/mol. The molecular formula is C31H41N3O7S. The van der Waals surface area contributed by atoms with Crippen LogP contribution in [0, 0.1) is 5.92 Å². The van der Waals surface area contributed by atoms with Crippen LogP contribution in [0.5, 0.6) is 0 Å². The molecule has 0 spiro atoms. The zero-order chi connectivity index (χ0) is 31.1. The van der Waals surface area contributed by atoms with E-state index in [1.165, 1.54) is 6.92 Å². The first-order valence-corrected chi connectivity index (χ1v) is 15.5. The van der Waals surface area contributed by atoms with Crippen molar-refractivity contribution in [1.82, 2.24) is 16.0 Å². The summed E-state index contributed by atoms with van der Waals surface area (Å²) in [4.78, 5) is 62.5. The Morgan fingerprint density at radius 1 is 0.786 bits per heavy atom.